The van der Waals surface area contributed by atoms with Crippen LogP contribution in [0.4, 0.5) is 11.4 Å². The number of aryl methyl sites for hydroxylation is 1. The molecule has 1 heterocycles. The fourth-order valence-electron chi connectivity index (χ4n) is 3.91. The van der Waals surface area contributed by atoms with E-state index in [0.717, 1.165) is 37.7 Å². The van der Waals surface area contributed by atoms with Crippen LogP contribution in [-0.4, -0.2) is 67.4 Å². The van der Waals surface area contributed by atoms with E-state index in [9.17, 15) is 9.90 Å². The van der Waals surface area contributed by atoms with Crippen molar-refractivity contribution in [3.05, 3.63) is 59.7 Å². The summed E-state index contributed by atoms with van der Waals surface area (Å²) >= 11 is 0. The minimum Gasteiger partial charge on any atom is -0.478 e. The summed E-state index contributed by atoms with van der Waals surface area (Å²) in [7, 11) is 0. The van der Waals surface area contributed by atoms with Crippen LogP contribution in [0.3, 0.4) is 0 Å². The van der Waals surface area contributed by atoms with Crippen LogP contribution >= 0.6 is 0 Å². The largest absolute Gasteiger partial charge is 0.478 e. The Bertz CT molecular complexity index is 931. The third-order valence-electron chi connectivity index (χ3n) is 5.54. The molecular formula is C25H34N4O3. The standard InChI is InChI=1S/C25H34N4O3/c1-4-32-15-7-12-26-25(27-22-10-6-9-21(17-22)24(30)31)28-13-14-29(20(3)18-28)23-11-5-8-19(2)16-23/h5-6,8-11,16-17,20H,4,7,12-15,18H2,1-3H3,(H,26,27)(H,30,31). The molecule has 1 aliphatic rings. The average molecular weight is 439 g/mol. The molecular weight excluding hydrogens is 404 g/mol. The van der Waals surface area contributed by atoms with Crippen LogP contribution in [0.2, 0.25) is 0 Å². The van der Waals surface area contributed by atoms with Gasteiger partial charge >= 0.3 is 5.97 Å². The lowest BCUT2D eigenvalue weighted by Crippen LogP contribution is -2.55. The molecule has 3 rings (SSSR count). The smallest absolute Gasteiger partial charge is 0.335 e. The quantitative estimate of drug-likeness (QED) is 0.367. The first-order chi connectivity index (χ1) is 15.5. The number of guanidine groups is 1. The number of carbonyl (C=O) groups is 1. The lowest BCUT2D eigenvalue weighted by Gasteiger charge is -2.42. The van der Waals surface area contributed by atoms with Gasteiger partial charge in [0.25, 0.3) is 0 Å². The topological polar surface area (TPSA) is 77.4 Å². The fourth-order valence-corrected chi connectivity index (χ4v) is 3.91. The van der Waals surface area contributed by atoms with Crippen LogP contribution in [0.5, 0.6) is 0 Å². The van der Waals surface area contributed by atoms with E-state index in [1.807, 2.05) is 13.0 Å². The van der Waals surface area contributed by atoms with Gasteiger partial charge < -0.3 is 25.0 Å². The average Bonchev–Trinajstić information content (AvgIpc) is 2.78. The zero-order valence-electron chi connectivity index (χ0n) is 19.3. The van der Waals surface area contributed by atoms with Gasteiger partial charge in [-0.1, -0.05) is 18.2 Å². The molecule has 172 valence electrons. The van der Waals surface area contributed by atoms with Crippen molar-refractivity contribution in [3.63, 3.8) is 0 Å². The zero-order valence-corrected chi connectivity index (χ0v) is 19.3. The highest BCUT2D eigenvalue weighted by molar-refractivity contribution is 5.96. The molecule has 32 heavy (non-hydrogen) atoms. The van der Waals surface area contributed by atoms with Gasteiger partial charge in [-0.15, -0.1) is 0 Å². The lowest BCUT2D eigenvalue weighted by atomic mass is 10.1. The van der Waals surface area contributed by atoms with Gasteiger partial charge in [0.05, 0.1) is 5.56 Å². The summed E-state index contributed by atoms with van der Waals surface area (Å²) in [6.45, 7) is 10.9. The second-order valence-electron chi connectivity index (χ2n) is 8.09. The first-order valence-corrected chi connectivity index (χ1v) is 11.3. The molecule has 7 nitrogen and oxygen atoms in total. The molecule has 0 saturated carbocycles. The highest BCUT2D eigenvalue weighted by Gasteiger charge is 2.26. The Balaban J connectivity index is 1.73. The van der Waals surface area contributed by atoms with Crippen LogP contribution < -0.4 is 10.2 Å². The van der Waals surface area contributed by atoms with Crippen LogP contribution in [0.1, 0.15) is 36.2 Å². The Morgan fingerprint density at radius 2 is 2.03 bits per heavy atom. The predicted molar refractivity (Wildman–Crippen MR) is 130 cm³/mol. The third kappa shape index (κ3) is 6.47. The van der Waals surface area contributed by atoms with Crippen molar-refractivity contribution in [1.29, 1.82) is 0 Å². The number of rotatable bonds is 8. The predicted octanol–water partition coefficient (Wildman–Crippen LogP) is 4.10. The number of ether oxygens (including phenoxy) is 1. The van der Waals surface area contributed by atoms with E-state index in [2.05, 4.69) is 53.2 Å². The Kier molecular flexibility index (Phi) is 8.50. The number of aliphatic imine (C=N–C) groups is 1. The summed E-state index contributed by atoms with van der Waals surface area (Å²) in [5, 5.41) is 12.7. The Morgan fingerprint density at radius 3 is 2.75 bits per heavy atom. The van der Waals surface area contributed by atoms with Gasteiger partial charge in [0, 0.05) is 56.8 Å². The molecule has 1 saturated heterocycles. The number of aromatic carboxylic acids is 1. The van der Waals surface area contributed by atoms with Crippen LogP contribution in [0.25, 0.3) is 0 Å². The maximum absolute atomic E-state index is 11.4. The molecule has 0 aliphatic carbocycles. The summed E-state index contributed by atoms with van der Waals surface area (Å²) < 4.78 is 5.44. The SMILES string of the molecule is CCOCCCN=C(Nc1cccc(C(=O)O)c1)N1CCN(c2cccc(C)c2)C(C)C1. The molecule has 0 bridgehead atoms. The Labute approximate surface area is 190 Å². The molecule has 1 unspecified atom stereocenters. The summed E-state index contributed by atoms with van der Waals surface area (Å²) in [5.74, 6) is -0.163. The second-order valence-corrected chi connectivity index (χ2v) is 8.09. The van der Waals surface area contributed by atoms with Crippen molar-refractivity contribution in [1.82, 2.24) is 4.90 Å². The molecule has 2 N–H and O–H groups in total. The molecule has 7 heteroatoms. The molecule has 0 amide bonds. The zero-order chi connectivity index (χ0) is 22.9. The van der Waals surface area contributed by atoms with Crippen LogP contribution in [-0.2, 0) is 4.74 Å². The monoisotopic (exact) mass is 438 g/mol. The minimum absolute atomic E-state index is 0.253. The van der Waals surface area contributed by atoms with Crippen molar-refractivity contribution in [2.24, 2.45) is 4.99 Å². The molecule has 0 radical (unpaired) electrons. The van der Waals surface area contributed by atoms with Gasteiger partial charge in [-0.25, -0.2) is 4.79 Å². The molecule has 2 aromatic rings. The number of hydrogen-bond acceptors (Lipinski definition) is 4. The summed E-state index contributed by atoms with van der Waals surface area (Å²) in [5.41, 5.74) is 3.48. The molecule has 0 spiro atoms. The Morgan fingerprint density at radius 1 is 1.22 bits per heavy atom. The number of carboxylic acids is 1. The number of anilines is 2. The van der Waals surface area contributed by atoms with E-state index in [1.54, 1.807) is 18.2 Å². The summed E-state index contributed by atoms with van der Waals surface area (Å²) in [4.78, 5) is 20.9. The first-order valence-electron chi connectivity index (χ1n) is 11.3. The maximum atomic E-state index is 11.4. The molecule has 1 aliphatic heterocycles. The molecule has 0 aromatic heterocycles. The maximum Gasteiger partial charge on any atom is 0.335 e. The van der Waals surface area contributed by atoms with Gasteiger partial charge in [0.1, 0.15) is 0 Å². The van der Waals surface area contributed by atoms with Gasteiger partial charge in [-0.3, -0.25) is 4.99 Å². The van der Waals surface area contributed by atoms with Gasteiger partial charge in [-0.05, 0) is 63.1 Å². The number of nitrogens with zero attached hydrogens (tertiary/aromatic N) is 3. The van der Waals surface area contributed by atoms with Crippen molar-refractivity contribution >= 4 is 23.3 Å². The van der Waals surface area contributed by atoms with E-state index in [1.165, 1.54) is 11.3 Å². The van der Waals surface area contributed by atoms with E-state index in [0.29, 0.717) is 25.8 Å². The number of piperazine rings is 1. The highest BCUT2D eigenvalue weighted by atomic mass is 16.5. The van der Waals surface area contributed by atoms with Crippen molar-refractivity contribution < 1.29 is 14.6 Å². The van der Waals surface area contributed by atoms with E-state index < -0.39 is 5.97 Å². The van der Waals surface area contributed by atoms with Crippen LogP contribution in [0, 0.1) is 6.92 Å². The fraction of sp³-hybridized carbons (Fsp3) is 0.440. The summed E-state index contributed by atoms with van der Waals surface area (Å²) in [6, 6.07) is 15.8. The molecule has 1 fully saturated rings. The molecule has 2 aromatic carbocycles. The number of carboxylic acid groups (broad SMARTS) is 1. The van der Waals surface area contributed by atoms with Crippen molar-refractivity contribution in [2.45, 2.75) is 33.2 Å². The summed E-state index contributed by atoms with van der Waals surface area (Å²) in [6.07, 6.45) is 0.840. The lowest BCUT2D eigenvalue weighted by molar-refractivity contribution is 0.0697. The van der Waals surface area contributed by atoms with E-state index in [4.69, 9.17) is 9.73 Å². The van der Waals surface area contributed by atoms with Crippen LogP contribution in [0.15, 0.2) is 53.5 Å². The van der Waals surface area contributed by atoms with E-state index >= 15 is 0 Å². The van der Waals surface area contributed by atoms with Crippen molar-refractivity contribution in [2.75, 3.05) is 49.6 Å². The van der Waals surface area contributed by atoms with Gasteiger partial charge in [-0.2, -0.15) is 0 Å². The number of nitrogens with one attached hydrogen (secondary N) is 1. The highest BCUT2D eigenvalue weighted by Crippen LogP contribution is 2.22. The van der Waals surface area contributed by atoms with Gasteiger partial charge in [0.15, 0.2) is 5.96 Å². The second kappa shape index (κ2) is 11.5. The number of hydrogen-bond donors (Lipinski definition) is 2. The third-order valence-corrected chi connectivity index (χ3v) is 5.54. The Hall–Kier alpha value is -3.06. The van der Waals surface area contributed by atoms with Gasteiger partial charge in [0.2, 0.25) is 0 Å². The van der Waals surface area contributed by atoms with E-state index in [-0.39, 0.29) is 5.56 Å². The normalized spacial score (nSPS) is 16.8. The first kappa shape index (κ1) is 23.6. The minimum atomic E-state index is -0.941. The number of benzene rings is 2. The van der Waals surface area contributed by atoms with Crippen molar-refractivity contribution in [3.8, 4) is 0 Å². The molecule has 1 atom stereocenters.